The van der Waals surface area contributed by atoms with Crippen molar-refractivity contribution in [3.63, 3.8) is 0 Å². The summed E-state index contributed by atoms with van der Waals surface area (Å²) in [6, 6.07) is 5.43. The number of pyridine rings is 1. The number of anilines is 1. The van der Waals surface area contributed by atoms with Gasteiger partial charge in [-0.25, -0.2) is 4.39 Å². The second kappa shape index (κ2) is 8.09. The lowest BCUT2D eigenvalue weighted by Gasteiger charge is -2.28. The summed E-state index contributed by atoms with van der Waals surface area (Å²) in [7, 11) is 0. The van der Waals surface area contributed by atoms with Crippen molar-refractivity contribution < 1.29 is 27.2 Å². The van der Waals surface area contributed by atoms with Gasteiger partial charge in [-0.05, 0) is 57.0 Å². The maximum absolute atomic E-state index is 14.2. The van der Waals surface area contributed by atoms with E-state index >= 15 is 0 Å². The Morgan fingerprint density at radius 3 is 2.42 bits per heavy atom. The normalized spacial score (nSPS) is 18.2. The van der Waals surface area contributed by atoms with Crippen molar-refractivity contribution in [2.24, 2.45) is 0 Å². The quantitative estimate of drug-likeness (QED) is 0.543. The number of nitrogens with one attached hydrogen (secondary N) is 1. The molecule has 3 heterocycles. The average molecular weight is 460 g/mol. The molecule has 6 nitrogen and oxygen atoms in total. The molecule has 0 spiro atoms. The van der Waals surface area contributed by atoms with Gasteiger partial charge in [0.2, 0.25) is 0 Å². The number of Topliss-reactive ketones (excluding diaryl/α,β-unsaturated/α-hetero) is 1. The molecule has 3 aromatic rings. The number of aromatic nitrogens is 3. The van der Waals surface area contributed by atoms with Crippen LogP contribution in [0.4, 0.5) is 23.2 Å². The van der Waals surface area contributed by atoms with E-state index in [-0.39, 0.29) is 29.4 Å². The summed E-state index contributed by atoms with van der Waals surface area (Å²) in [6.07, 6.45) is -3.24. The number of carbonyl (C=O) groups is 2. The van der Waals surface area contributed by atoms with E-state index in [1.165, 1.54) is 10.9 Å². The number of nitrogens with zero attached hydrogens (tertiary/aromatic N) is 3. The van der Waals surface area contributed by atoms with Gasteiger partial charge in [0, 0.05) is 17.0 Å². The summed E-state index contributed by atoms with van der Waals surface area (Å²) in [5.74, 6) is -3.22. The standard InChI is InChI=1S/C23H20F4N4O2/c1-11-6-15(7-12(2)29-11)22(33)30-19-10-28-31-13(3)8-16(21(32)20(19)31)14-4-5-17(18(24)9-14)23(25,26)27/h4-7,9-10,13,16H,8H2,1-3H3,(H,30,33)/t13-,16?/m0/s1. The maximum Gasteiger partial charge on any atom is 0.419 e. The highest BCUT2D eigenvalue weighted by Crippen LogP contribution is 2.39. The van der Waals surface area contributed by atoms with Gasteiger partial charge in [-0.2, -0.15) is 18.3 Å². The molecule has 0 radical (unpaired) electrons. The van der Waals surface area contributed by atoms with Crippen LogP contribution in [0.2, 0.25) is 0 Å². The van der Waals surface area contributed by atoms with Crippen LogP contribution in [0.25, 0.3) is 0 Å². The predicted octanol–water partition coefficient (Wildman–Crippen LogP) is 5.24. The molecule has 172 valence electrons. The monoisotopic (exact) mass is 460 g/mol. The van der Waals surface area contributed by atoms with E-state index in [9.17, 15) is 27.2 Å². The molecule has 1 aromatic carbocycles. The lowest BCUT2D eigenvalue weighted by Crippen LogP contribution is -2.29. The van der Waals surface area contributed by atoms with Crippen LogP contribution in [0, 0.1) is 19.7 Å². The Bertz CT molecular complexity index is 1250. The summed E-state index contributed by atoms with van der Waals surface area (Å²) in [5.41, 5.74) is 0.733. The Labute approximate surface area is 186 Å². The third-order valence-corrected chi connectivity index (χ3v) is 5.63. The van der Waals surface area contributed by atoms with Crippen molar-refractivity contribution in [2.75, 3.05) is 5.32 Å². The molecule has 4 rings (SSSR count). The van der Waals surface area contributed by atoms with E-state index in [4.69, 9.17) is 0 Å². The van der Waals surface area contributed by atoms with Crippen molar-refractivity contribution in [3.05, 3.63) is 76.1 Å². The van der Waals surface area contributed by atoms with Gasteiger partial charge < -0.3 is 5.32 Å². The Morgan fingerprint density at radius 1 is 1.15 bits per heavy atom. The number of alkyl halides is 3. The minimum absolute atomic E-state index is 0.120. The van der Waals surface area contributed by atoms with Gasteiger partial charge in [-0.15, -0.1) is 0 Å². The fraction of sp³-hybridized carbons (Fsp3) is 0.304. The Balaban J connectivity index is 1.66. The highest BCUT2D eigenvalue weighted by molar-refractivity contribution is 6.10. The van der Waals surface area contributed by atoms with Gasteiger partial charge >= 0.3 is 6.18 Å². The number of rotatable bonds is 3. The van der Waals surface area contributed by atoms with Gasteiger partial charge in [0.25, 0.3) is 5.91 Å². The number of hydrogen-bond donors (Lipinski definition) is 1. The number of amides is 1. The fourth-order valence-corrected chi connectivity index (χ4v) is 4.17. The van der Waals surface area contributed by atoms with Gasteiger partial charge in [0.05, 0.1) is 29.4 Å². The van der Waals surface area contributed by atoms with Crippen molar-refractivity contribution in [1.82, 2.24) is 14.8 Å². The van der Waals surface area contributed by atoms with Crippen LogP contribution in [0.15, 0.2) is 36.5 Å². The van der Waals surface area contributed by atoms with E-state index in [1.54, 1.807) is 32.9 Å². The summed E-state index contributed by atoms with van der Waals surface area (Å²) in [4.78, 5) is 30.3. The van der Waals surface area contributed by atoms with Crippen LogP contribution < -0.4 is 5.32 Å². The number of aryl methyl sites for hydroxylation is 2. The SMILES string of the molecule is Cc1cc(C(=O)Nc2cnn3c2C(=O)C(c2ccc(C(F)(F)F)c(F)c2)C[C@@H]3C)cc(C)n1. The summed E-state index contributed by atoms with van der Waals surface area (Å²) in [5, 5.41) is 6.90. The maximum atomic E-state index is 14.2. The molecular formula is C23H20F4N4O2. The zero-order chi connectivity index (χ0) is 24.1. The van der Waals surface area contributed by atoms with E-state index in [0.717, 1.165) is 12.1 Å². The Kier molecular flexibility index (Phi) is 5.55. The number of carbonyl (C=O) groups excluding carboxylic acids is 2. The fourth-order valence-electron chi connectivity index (χ4n) is 4.17. The number of fused-ring (bicyclic) bond motifs is 1. The molecule has 1 aliphatic rings. The molecule has 1 N–H and O–H groups in total. The highest BCUT2D eigenvalue weighted by atomic mass is 19.4. The molecule has 0 saturated carbocycles. The van der Waals surface area contributed by atoms with E-state index < -0.39 is 35.2 Å². The average Bonchev–Trinajstić information content (AvgIpc) is 3.13. The van der Waals surface area contributed by atoms with E-state index in [2.05, 4.69) is 15.4 Å². The predicted molar refractivity (Wildman–Crippen MR) is 112 cm³/mol. The highest BCUT2D eigenvalue weighted by Gasteiger charge is 2.38. The first-order valence-electron chi connectivity index (χ1n) is 10.2. The molecule has 2 atom stereocenters. The van der Waals surface area contributed by atoms with Crippen molar-refractivity contribution >= 4 is 17.4 Å². The molecule has 0 bridgehead atoms. The summed E-state index contributed by atoms with van der Waals surface area (Å²) < 4.78 is 54.4. The Morgan fingerprint density at radius 2 is 1.82 bits per heavy atom. The first-order valence-corrected chi connectivity index (χ1v) is 10.2. The van der Waals surface area contributed by atoms with Crippen molar-refractivity contribution in [2.45, 2.75) is 45.3 Å². The largest absolute Gasteiger partial charge is 0.419 e. The van der Waals surface area contributed by atoms with Gasteiger partial charge in [0.15, 0.2) is 5.78 Å². The number of ketones is 1. The third-order valence-electron chi connectivity index (χ3n) is 5.63. The minimum atomic E-state index is -4.83. The second-order valence-corrected chi connectivity index (χ2v) is 8.18. The van der Waals surface area contributed by atoms with Crippen LogP contribution in [0.1, 0.15) is 68.7 Å². The molecule has 1 unspecified atom stereocenters. The van der Waals surface area contributed by atoms with Crippen molar-refractivity contribution in [3.8, 4) is 0 Å². The molecule has 0 fully saturated rings. The zero-order valence-corrected chi connectivity index (χ0v) is 18.0. The zero-order valence-electron chi connectivity index (χ0n) is 18.0. The molecule has 1 aliphatic heterocycles. The van der Waals surface area contributed by atoms with Crippen LogP contribution in [-0.2, 0) is 6.18 Å². The van der Waals surface area contributed by atoms with Gasteiger partial charge in [-0.3, -0.25) is 19.3 Å². The molecule has 0 aliphatic carbocycles. The van der Waals surface area contributed by atoms with E-state index in [1.807, 2.05) is 0 Å². The molecule has 33 heavy (non-hydrogen) atoms. The molecule has 1 amide bonds. The van der Waals surface area contributed by atoms with Crippen LogP contribution in [-0.4, -0.2) is 26.5 Å². The van der Waals surface area contributed by atoms with Crippen LogP contribution in [0.5, 0.6) is 0 Å². The number of halogens is 4. The minimum Gasteiger partial charge on any atom is -0.319 e. The lowest BCUT2D eigenvalue weighted by molar-refractivity contribution is -0.140. The summed E-state index contributed by atoms with van der Waals surface area (Å²) >= 11 is 0. The smallest absolute Gasteiger partial charge is 0.319 e. The summed E-state index contributed by atoms with van der Waals surface area (Å²) in [6.45, 7) is 5.30. The van der Waals surface area contributed by atoms with Crippen molar-refractivity contribution in [1.29, 1.82) is 0 Å². The third kappa shape index (κ3) is 4.24. The lowest BCUT2D eigenvalue weighted by atomic mass is 9.84. The van der Waals surface area contributed by atoms with Crippen LogP contribution in [0.3, 0.4) is 0 Å². The molecule has 0 saturated heterocycles. The first-order chi connectivity index (χ1) is 15.5. The molecule has 10 heteroatoms. The molecule has 2 aromatic heterocycles. The number of hydrogen-bond acceptors (Lipinski definition) is 4. The van der Waals surface area contributed by atoms with Gasteiger partial charge in [-0.1, -0.05) is 6.07 Å². The van der Waals surface area contributed by atoms with E-state index in [0.29, 0.717) is 23.0 Å². The number of benzene rings is 1. The topological polar surface area (TPSA) is 76.9 Å². The Hall–Kier alpha value is -3.56. The van der Waals surface area contributed by atoms with Gasteiger partial charge in [0.1, 0.15) is 11.5 Å². The molecular weight excluding hydrogens is 440 g/mol. The van der Waals surface area contributed by atoms with Crippen LogP contribution >= 0.6 is 0 Å². The second-order valence-electron chi connectivity index (χ2n) is 8.18. The first kappa shape index (κ1) is 22.6.